The lowest BCUT2D eigenvalue weighted by atomic mass is 9.88. The number of amides is 3. The summed E-state index contributed by atoms with van der Waals surface area (Å²) in [6.45, 7) is 4.80. The third-order valence-electron chi connectivity index (χ3n) is 5.32. The molecular formula is C24H29N3O4. The summed E-state index contributed by atoms with van der Waals surface area (Å²) >= 11 is 0. The van der Waals surface area contributed by atoms with Gasteiger partial charge >= 0.3 is 6.03 Å². The van der Waals surface area contributed by atoms with E-state index in [2.05, 4.69) is 17.2 Å². The zero-order valence-electron chi connectivity index (χ0n) is 18.0. The summed E-state index contributed by atoms with van der Waals surface area (Å²) in [6, 6.07) is 13.4. The summed E-state index contributed by atoms with van der Waals surface area (Å²) in [5, 5.41) is 5.59. The van der Waals surface area contributed by atoms with Crippen molar-refractivity contribution in [2.45, 2.75) is 18.9 Å². The van der Waals surface area contributed by atoms with Crippen molar-refractivity contribution < 1.29 is 19.1 Å². The molecule has 0 spiro atoms. The average molecular weight is 424 g/mol. The first-order valence-corrected chi connectivity index (χ1v) is 10.3. The van der Waals surface area contributed by atoms with Crippen LogP contribution in [-0.2, 0) is 11.2 Å². The molecule has 2 N–H and O–H groups in total. The number of fused-ring (bicyclic) bond motifs is 1. The summed E-state index contributed by atoms with van der Waals surface area (Å²) in [5.74, 6) is 1.18. The van der Waals surface area contributed by atoms with E-state index >= 15 is 0 Å². The van der Waals surface area contributed by atoms with Crippen LogP contribution in [0.2, 0.25) is 0 Å². The Morgan fingerprint density at radius 1 is 1.13 bits per heavy atom. The molecule has 1 atom stereocenters. The van der Waals surface area contributed by atoms with E-state index in [-0.39, 0.29) is 30.9 Å². The molecular weight excluding hydrogens is 394 g/mol. The Morgan fingerprint density at radius 3 is 2.52 bits per heavy atom. The maximum atomic E-state index is 13.1. The van der Waals surface area contributed by atoms with Crippen LogP contribution in [-0.4, -0.2) is 50.7 Å². The van der Waals surface area contributed by atoms with Gasteiger partial charge in [0, 0.05) is 26.1 Å². The van der Waals surface area contributed by atoms with Crippen LogP contribution in [0.4, 0.5) is 4.79 Å². The number of hydrogen-bond acceptors (Lipinski definition) is 4. The zero-order valence-corrected chi connectivity index (χ0v) is 18.0. The van der Waals surface area contributed by atoms with Gasteiger partial charge in [-0.25, -0.2) is 4.79 Å². The third kappa shape index (κ3) is 5.17. The van der Waals surface area contributed by atoms with Crippen LogP contribution in [0.1, 0.15) is 29.2 Å². The Labute approximate surface area is 183 Å². The molecule has 2 aromatic rings. The first-order valence-electron chi connectivity index (χ1n) is 10.3. The number of hydrogen-bond donors (Lipinski definition) is 2. The lowest BCUT2D eigenvalue weighted by Crippen LogP contribution is -2.46. The van der Waals surface area contributed by atoms with E-state index in [9.17, 15) is 9.59 Å². The normalized spacial score (nSPS) is 14.9. The van der Waals surface area contributed by atoms with Gasteiger partial charge in [-0.1, -0.05) is 36.4 Å². The molecule has 3 rings (SSSR count). The molecule has 7 heteroatoms. The maximum Gasteiger partial charge on any atom is 0.318 e. The van der Waals surface area contributed by atoms with E-state index in [1.165, 1.54) is 0 Å². The van der Waals surface area contributed by atoms with Crippen LogP contribution in [0.15, 0.2) is 55.1 Å². The Hall–Kier alpha value is -3.48. The van der Waals surface area contributed by atoms with Crippen LogP contribution >= 0.6 is 0 Å². The van der Waals surface area contributed by atoms with Gasteiger partial charge < -0.3 is 25.0 Å². The predicted molar refractivity (Wildman–Crippen MR) is 119 cm³/mol. The molecule has 1 unspecified atom stereocenters. The predicted octanol–water partition coefficient (Wildman–Crippen LogP) is 3.05. The van der Waals surface area contributed by atoms with E-state index in [0.29, 0.717) is 31.0 Å². The van der Waals surface area contributed by atoms with Crippen molar-refractivity contribution in [2.24, 2.45) is 0 Å². The smallest absolute Gasteiger partial charge is 0.318 e. The second kappa shape index (κ2) is 10.5. The number of nitrogens with zero attached hydrogens (tertiary/aromatic N) is 1. The van der Waals surface area contributed by atoms with Gasteiger partial charge in [0.15, 0.2) is 11.5 Å². The fourth-order valence-corrected chi connectivity index (χ4v) is 3.82. The molecule has 1 aliphatic heterocycles. The van der Waals surface area contributed by atoms with Gasteiger partial charge in [-0.3, -0.25) is 4.79 Å². The van der Waals surface area contributed by atoms with Gasteiger partial charge in [0.2, 0.25) is 5.91 Å². The molecule has 1 heterocycles. The molecule has 3 amide bonds. The van der Waals surface area contributed by atoms with Crippen molar-refractivity contribution in [1.82, 2.24) is 15.5 Å². The molecule has 164 valence electrons. The summed E-state index contributed by atoms with van der Waals surface area (Å²) in [4.78, 5) is 26.7. The number of ether oxygens (including phenoxy) is 2. The Morgan fingerprint density at radius 2 is 1.84 bits per heavy atom. The lowest BCUT2D eigenvalue weighted by molar-refractivity contribution is -0.120. The van der Waals surface area contributed by atoms with Crippen molar-refractivity contribution in [2.75, 3.05) is 33.9 Å². The number of benzene rings is 2. The van der Waals surface area contributed by atoms with Crippen molar-refractivity contribution in [3.8, 4) is 11.5 Å². The topological polar surface area (TPSA) is 79.9 Å². The monoisotopic (exact) mass is 423 g/mol. The van der Waals surface area contributed by atoms with Crippen LogP contribution in [0.25, 0.3) is 0 Å². The van der Waals surface area contributed by atoms with Gasteiger partial charge in [-0.2, -0.15) is 0 Å². The largest absolute Gasteiger partial charge is 0.493 e. The summed E-state index contributed by atoms with van der Waals surface area (Å²) < 4.78 is 11.0. The molecule has 2 aromatic carbocycles. The number of urea groups is 1. The highest BCUT2D eigenvalue weighted by atomic mass is 16.5. The summed E-state index contributed by atoms with van der Waals surface area (Å²) in [5.41, 5.74) is 3.14. The number of carbonyl (C=O) groups excluding carboxylic acids is 2. The average Bonchev–Trinajstić information content (AvgIpc) is 2.81. The van der Waals surface area contributed by atoms with E-state index < -0.39 is 0 Å². The fourth-order valence-electron chi connectivity index (χ4n) is 3.82. The molecule has 0 bridgehead atoms. The highest BCUT2D eigenvalue weighted by Crippen LogP contribution is 2.40. The molecule has 31 heavy (non-hydrogen) atoms. The molecule has 0 fully saturated rings. The fraction of sp³-hybridized carbons (Fsp3) is 0.333. The highest BCUT2D eigenvalue weighted by Gasteiger charge is 2.33. The molecule has 0 radical (unpaired) electrons. The summed E-state index contributed by atoms with van der Waals surface area (Å²) in [7, 11) is 3.22. The maximum absolute atomic E-state index is 13.1. The van der Waals surface area contributed by atoms with Crippen LogP contribution in [0, 0.1) is 0 Å². The van der Waals surface area contributed by atoms with Crippen LogP contribution < -0.4 is 20.1 Å². The zero-order chi connectivity index (χ0) is 22.2. The summed E-state index contributed by atoms with van der Waals surface area (Å²) in [6.07, 6.45) is 2.53. The second-order valence-corrected chi connectivity index (χ2v) is 7.24. The first kappa shape index (κ1) is 22.2. The number of carbonyl (C=O) groups is 2. The van der Waals surface area contributed by atoms with E-state index in [1.807, 2.05) is 47.4 Å². The third-order valence-corrected chi connectivity index (χ3v) is 5.32. The van der Waals surface area contributed by atoms with Crippen molar-refractivity contribution in [1.29, 1.82) is 0 Å². The minimum Gasteiger partial charge on any atom is -0.493 e. The van der Waals surface area contributed by atoms with Crippen LogP contribution in [0.5, 0.6) is 11.5 Å². The van der Waals surface area contributed by atoms with Gasteiger partial charge in [0.25, 0.3) is 0 Å². The van der Waals surface area contributed by atoms with Gasteiger partial charge in [0.05, 0.1) is 20.3 Å². The van der Waals surface area contributed by atoms with Crippen molar-refractivity contribution in [3.05, 3.63) is 71.8 Å². The Bertz CT molecular complexity index is 930. The number of rotatable bonds is 8. The van der Waals surface area contributed by atoms with E-state index in [4.69, 9.17) is 9.47 Å². The highest BCUT2D eigenvalue weighted by molar-refractivity contribution is 5.79. The number of nitrogens with one attached hydrogen (secondary N) is 2. The second-order valence-electron chi connectivity index (χ2n) is 7.24. The quantitative estimate of drug-likeness (QED) is 0.640. The van der Waals surface area contributed by atoms with E-state index in [1.54, 1.807) is 20.3 Å². The molecule has 1 aliphatic rings. The lowest BCUT2D eigenvalue weighted by Gasteiger charge is -2.38. The minimum absolute atomic E-state index is 0.124. The minimum atomic E-state index is -0.264. The number of methoxy groups -OCH3 is 2. The first-order chi connectivity index (χ1) is 15.1. The van der Waals surface area contributed by atoms with Gasteiger partial charge in [0.1, 0.15) is 0 Å². The van der Waals surface area contributed by atoms with Gasteiger partial charge in [-0.05, 0) is 35.2 Å². The standard InChI is InChI=1S/C24H29N3O4/c1-4-12-25-22(28)10-13-26-24(29)27-14-11-18-15-20(30-2)21(31-3)16-19(18)23(27)17-8-6-5-7-9-17/h4-9,15-16,23H,1,10-14H2,2-3H3,(H,25,28)(H,26,29). The molecule has 0 saturated heterocycles. The molecule has 0 saturated carbocycles. The Balaban J connectivity index is 1.84. The SMILES string of the molecule is C=CCNC(=O)CCNC(=O)N1CCc2cc(OC)c(OC)cc2C1c1ccccc1. The molecule has 0 aromatic heterocycles. The van der Waals surface area contributed by atoms with E-state index in [0.717, 1.165) is 16.7 Å². The molecule has 0 aliphatic carbocycles. The van der Waals surface area contributed by atoms with Gasteiger partial charge in [-0.15, -0.1) is 6.58 Å². The Kier molecular flexibility index (Phi) is 7.54. The van der Waals surface area contributed by atoms with Crippen molar-refractivity contribution in [3.63, 3.8) is 0 Å². The molecule has 7 nitrogen and oxygen atoms in total. The van der Waals surface area contributed by atoms with Crippen LogP contribution in [0.3, 0.4) is 0 Å². The van der Waals surface area contributed by atoms with Crippen molar-refractivity contribution >= 4 is 11.9 Å².